The summed E-state index contributed by atoms with van der Waals surface area (Å²) in [5.41, 5.74) is 5.42. The molecule has 0 radical (unpaired) electrons. The van der Waals surface area contributed by atoms with Crippen molar-refractivity contribution in [2.75, 3.05) is 18.1 Å². The number of esters is 2. The van der Waals surface area contributed by atoms with E-state index < -0.39 is 17.6 Å². The molecule has 0 aliphatic carbocycles. The summed E-state index contributed by atoms with van der Waals surface area (Å²) in [5, 5.41) is 0. The van der Waals surface area contributed by atoms with Crippen LogP contribution >= 0.6 is 11.8 Å². The quantitative estimate of drug-likeness (QED) is 0.483. The molecular weight excluding hydrogens is 378 g/mol. The summed E-state index contributed by atoms with van der Waals surface area (Å²) in [7, 11) is 0. The molecule has 0 saturated heterocycles. The second-order valence-electron chi connectivity index (χ2n) is 6.26. The average molecular weight is 428 g/mol. The van der Waals surface area contributed by atoms with E-state index >= 15 is 0 Å². The summed E-state index contributed by atoms with van der Waals surface area (Å²) in [6, 6.07) is -0.569. The highest BCUT2D eigenvalue weighted by atomic mass is 32.2. The highest BCUT2D eigenvalue weighted by molar-refractivity contribution is 7.99. The van der Waals surface area contributed by atoms with Crippen molar-refractivity contribution >= 4 is 29.5 Å². The Hall–Kier alpha value is -1.08. The molecule has 0 bridgehead atoms. The molecule has 0 aromatic heterocycles. The molecular formula is C21H49NO5S. The van der Waals surface area contributed by atoms with Crippen LogP contribution in [-0.4, -0.2) is 48.0 Å². The van der Waals surface area contributed by atoms with Crippen molar-refractivity contribution in [2.45, 2.75) is 96.7 Å². The van der Waals surface area contributed by atoms with Crippen LogP contribution in [0.2, 0.25) is 0 Å². The van der Waals surface area contributed by atoms with Gasteiger partial charge >= 0.3 is 11.9 Å². The number of hydrogen-bond acceptors (Lipinski definition) is 7. The minimum absolute atomic E-state index is 0. The van der Waals surface area contributed by atoms with E-state index in [1.54, 1.807) is 13.8 Å². The number of Topliss-reactive ketones (excluding diaryl/α,β-unsaturated/α-hetero) is 1. The lowest BCUT2D eigenvalue weighted by molar-refractivity contribution is -0.157. The van der Waals surface area contributed by atoms with Crippen LogP contribution in [0.4, 0.5) is 0 Å². The van der Waals surface area contributed by atoms with E-state index in [0.717, 1.165) is 0 Å². The number of carbonyl (C=O) groups excluding carboxylic acids is 3. The monoisotopic (exact) mass is 427 g/mol. The molecule has 174 valence electrons. The van der Waals surface area contributed by atoms with Gasteiger partial charge in [0.2, 0.25) is 0 Å². The molecule has 0 aliphatic rings. The van der Waals surface area contributed by atoms with Gasteiger partial charge in [0, 0.05) is 29.8 Å². The van der Waals surface area contributed by atoms with Crippen molar-refractivity contribution in [1.82, 2.24) is 0 Å². The van der Waals surface area contributed by atoms with E-state index in [9.17, 15) is 14.4 Å². The van der Waals surface area contributed by atoms with E-state index in [-0.39, 0.29) is 74.3 Å². The third-order valence-electron chi connectivity index (χ3n) is 2.98. The van der Waals surface area contributed by atoms with Crippen LogP contribution in [0.3, 0.4) is 0 Å². The number of thioether (sulfide) groups is 1. The zero-order chi connectivity index (χ0) is 18.0. The normalized spacial score (nSPS) is 11.5. The first-order valence-corrected chi connectivity index (χ1v) is 9.00. The van der Waals surface area contributed by atoms with Crippen LogP contribution in [0.5, 0.6) is 0 Å². The number of rotatable bonds is 10. The van der Waals surface area contributed by atoms with Gasteiger partial charge in [-0.3, -0.25) is 14.4 Å². The predicted octanol–water partition coefficient (Wildman–Crippen LogP) is 5.12. The molecule has 28 heavy (non-hydrogen) atoms. The van der Waals surface area contributed by atoms with E-state index in [1.165, 1.54) is 11.8 Å². The SMILES string of the molecule is C.C.C.C.C.CCC(=O)OCC(CSCC(N)C(=O)C(C)(C)C)OC(=O)CC. The van der Waals surface area contributed by atoms with Crippen molar-refractivity contribution in [1.29, 1.82) is 0 Å². The van der Waals surface area contributed by atoms with Gasteiger partial charge < -0.3 is 15.2 Å². The molecule has 2 unspecified atom stereocenters. The van der Waals surface area contributed by atoms with Gasteiger partial charge in [0.1, 0.15) is 12.7 Å². The lowest BCUT2D eigenvalue weighted by atomic mass is 9.87. The van der Waals surface area contributed by atoms with Gasteiger partial charge in [-0.15, -0.1) is 0 Å². The minimum Gasteiger partial charge on any atom is -0.462 e. The van der Waals surface area contributed by atoms with Crippen molar-refractivity contribution in [3.05, 3.63) is 0 Å². The number of hydrogen-bond donors (Lipinski definition) is 1. The Labute approximate surface area is 179 Å². The molecule has 0 fully saturated rings. The topological polar surface area (TPSA) is 95.7 Å². The highest BCUT2D eigenvalue weighted by Gasteiger charge is 2.27. The molecule has 2 N–H and O–H groups in total. The summed E-state index contributed by atoms with van der Waals surface area (Å²) in [6.45, 7) is 8.90. The summed E-state index contributed by atoms with van der Waals surface area (Å²) < 4.78 is 10.3. The van der Waals surface area contributed by atoms with Gasteiger partial charge in [-0.05, 0) is 0 Å². The summed E-state index contributed by atoms with van der Waals surface area (Å²) in [5.74, 6) is 0.154. The van der Waals surface area contributed by atoms with E-state index in [4.69, 9.17) is 15.2 Å². The summed E-state index contributed by atoms with van der Waals surface area (Å²) in [4.78, 5) is 34.7. The van der Waals surface area contributed by atoms with Crippen molar-refractivity contribution in [2.24, 2.45) is 11.1 Å². The maximum Gasteiger partial charge on any atom is 0.305 e. The lowest BCUT2D eigenvalue weighted by Crippen LogP contribution is -2.41. The van der Waals surface area contributed by atoms with Gasteiger partial charge in [0.25, 0.3) is 0 Å². The largest absolute Gasteiger partial charge is 0.462 e. The van der Waals surface area contributed by atoms with Crippen LogP contribution in [-0.2, 0) is 23.9 Å². The fraction of sp³-hybridized carbons (Fsp3) is 0.857. The van der Waals surface area contributed by atoms with Crippen LogP contribution in [0, 0.1) is 5.41 Å². The van der Waals surface area contributed by atoms with Gasteiger partial charge in [0.05, 0.1) is 6.04 Å². The summed E-state index contributed by atoms with van der Waals surface area (Å²) >= 11 is 1.41. The maximum absolute atomic E-state index is 12.0. The van der Waals surface area contributed by atoms with Crippen LogP contribution in [0.15, 0.2) is 0 Å². The molecule has 2 atom stereocenters. The number of nitrogens with two attached hydrogens (primary N) is 1. The second-order valence-corrected chi connectivity index (χ2v) is 7.34. The van der Waals surface area contributed by atoms with Crippen molar-refractivity contribution in [3.8, 4) is 0 Å². The fourth-order valence-corrected chi connectivity index (χ4v) is 2.60. The van der Waals surface area contributed by atoms with E-state index in [0.29, 0.717) is 11.5 Å². The molecule has 0 aliphatic heterocycles. The Bertz CT molecular complexity index is 408. The fourth-order valence-electron chi connectivity index (χ4n) is 1.63. The molecule has 0 aromatic carbocycles. The van der Waals surface area contributed by atoms with Crippen molar-refractivity contribution < 1.29 is 23.9 Å². The summed E-state index contributed by atoms with van der Waals surface area (Å²) in [6.07, 6.45) is -0.00262. The van der Waals surface area contributed by atoms with Gasteiger partial charge in [-0.1, -0.05) is 71.8 Å². The zero-order valence-corrected chi connectivity index (χ0v) is 15.5. The van der Waals surface area contributed by atoms with Crippen LogP contribution in [0.1, 0.15) is 84.6 Å². The Morgan fingerprint density at radius 1 is 0.893 bits per heavy atom. The lowest BCUT2D eigenvalue weighted by Gasteiger charge is -2.22. The number of ketones is 1. The van der Waals surface area contributed by atoms with E-state index in [2.05, 4.69) is 0 Å². The molecule has 6 nitrogen and oxygen atoms in total. The van der Waals surface area contributed by atoms with Crippen LogP contribution < -0.4 is 5.73 Å². The third-order valence-corrected chi connectivity index (χ3v) is 4.19. The number of carbonyl (C=O) groups is 3. The third kappa shape index (κ3) is 18.3. The second kappa shape index (κ2) is 20.6. The Kier molecular flexibility index (Phi) is 30.5. The first kappa shape index (κ1) is 41.3. The maximum atomic E-state index is 12.0. The molecule has 0 saturated carbocycles. The van der Waals surface area contributed by atoms with Gasteiger partial charge in [-0.25, -0.2) is 0 Å². The average Bonchev–Trinajstić information content (AvgIpc) is 2.49. The van der Waals surface area contributed by atoms with Gasteiger partial charge in [-0.2, -0.15) is 11.8 Å². The minimum atomic E-state index is -0.569. The first-order chi connectivity index (χ1) is 10.6. The van der Waals surface area contributed by atoms with E-state index in [1.807, 2.05) is 20.8 Å². The molecule has 0 rings (SSSR count). The molecule has 0 amide bonds. The highest BCUT2D eigenvalue weighted by Crippen LogP contribution is 2.18. The Morgan fingerprint density at radius 2 is 1.36 bits per heavy atom. The smallest absolute Gasteiger partial charge is 0.305 e. The predicted molar refractivity (Wildman–Crippen MR) is 125 cm³/mol. The Morgan fingerprint density at radius 3 is 1.75 bits per heavy atom. The Balaban J connectivity index is -0.000000242. The molecule has 0 heterocycles. The number of ether oxygens (including phenoxy) is 2. The molecule has 7 heteroatoms. The molecule has 0 spiro atoms. The zero-order valence-electron chi connectivity index (χ0n) is 14.7. The molecule has 0 aromatic rings. The standard InChI is InChI=1S/C16H29NO5S.5CH4/c1-6-13(18)21-8-11(22-14(19)7-2)9-23-10-12(17)15(20)16(3,4)5;;;;;/h11-12H,6-10,17H2,1-5H3;5*1H4. The van der Waals surface area contributed by atoms with Crippen LogP contribution in [0.25, 0.3) is 0 Å². The van der Waals surface area contributed by atoms with Crippen molar-refractivity contribution in [3.63, 3.8) is 0 Å². The first-order valence-electron chi connectivity index (χ1n) is 7.84. The van der Waals surface area contributed by atoms with Gasteiger partial charge in [0.15, 0.2) is 5.78 Å².